The maximum absolute atomic E-state index is 12.1. The molecule has 0 aliphatic rings. The van der Waals surface area contributed by atoms with Gasteiger partial charge in [0.05, 0.1) is 17.1 Å². The highest BCUT2D eigenvalue weighted by atomic mass is 16.3. The Bertz CT molecular complexity index is 824. The number of hydrogen-bond donors (Lipinski definition) is 2. The van der Waals surface area contributed by atoms with E-state index in [1.807, 2.05) is 47.9 Å². The molecule has 3 rings (SSSR count). The molecule has 0 aliphatic carbocycles. The van der Waals surface area contributed by atoms with Crippen molar-refractivity contribution >= 4 is 16.9 Å². The van der Waals surface area contributed by atoms with Gasteiger partial charge in [-0.1, -0.05) is 25.5 Å². The molecular weight excluding hydrogens is 302 g/mol. The van der Waals surface area contributed by atoms with Crippen LogP contribution in [0.2, 0.25) is 0 Å². The van der Waals surface area contributed by atoms with E-state index >= 15 is 0 Å². The van der Waals surface area contributed by atoms with E-state index in [1.165, 1.54) is 0 Å². The van der Waals surface area contributed by atoms with Gasteiger partial charge in [-0.2, -0.15) is 0 Å². The minimum atomic E-state index is -0.490. The summed E-state index contributed by atoms with van der Waals surface area (Å²) in [5.74, 6) is -0.174. The molecule has 24 heavy (non-hydrogen) atoms. The third kappa shape index (κ3) is 3.46. The van der Waals surface area contributed by atoms with Crippen molar-refractivity contribution < 1.29 is 9.90 Å². The van der Waals surface area contributed by atoms with Gasteiger partial charge in [-0.15, -0.1) is 0 Å². The van der Waals surface area contributed by atoms with Gasteiger partial charge in [0.25, 0.3) is 5.91 Å². The number of fused-ring (bicyclic) bond motifs is 1. The van der Waals surface area contributed by atoms with Crippen LogP contribution in [0.1, 0.15) is 30.1 Å². The molecule has 1 unspecified atom stereocenters. The van der Waals surface area contributed by atoms with Gasteiger partial charge >= 0.3 is 0 Å². The molecule has 1 amide bonds. The summed E-state index contributed by atoms with van der Waals surface area (Å²) >= 11 is 0. The van der Waals surface area contributed by atoms with Crippen molar-refractivity contribution in [1.29, 1.82) is 0 Å². The standard InChI is InChI=1S/C19H21N3O2/c1-2-5-16(23)12-20-19(24)14-8-10-15(11-9-14)22-13-21-17-6-3-4-7-18(17)22/h3-4,6-11,13,16,23H,2,5,12H2,1H3,(H,20,24). The van der Waals surface area contributed by atoms with Crippen LogP contribution in [0.15, 0.2) is 54.9 Å². The summed E-state index contributed by atoms with van der Waals surface area (Å²) in [4.78, 5) is 16.5. The summed E-state index contributed by atoms with van der Waals surface area (Å²) < 4.78 is 1.99. The highest BCUT2D eigenvalue weighted by Crippen LogP contribution is 2.18. The SMILES string of the molecule is CCCC(O)CNC(=O)c1ccc(-n2cnc3ccccc32)cc1. The van der Waals surface area contributed by atoms with Gasteiger partial charge in [-0.25, -0.2) is 4.98 Å². The van der Waals surface area contributed by atoms with Gasteiger partial charge in [0.1, 0.15) is 6.33 Å². The van der Waals surface area contributed by atoms with Gasteiger partial charge < -0.3 is 10.4 Å². The molecule has 0 aliphatic heterocycles. The smallest absolute Gasteiger partial charge is 0.251 e. The number of nitrogens with zero attached hydrogens (tertiary/aromatic N) is 2. The van der Waals surface area contributed by atoms with Gasteiger partial charge in [-0.3, -0.25) is 9.36 Å². The van der Waals surface area contributed by atoms with Crippen molar-refractivity contribution in [3.8, 4) is 5.69 Å². The second kappa shape index (κ2) is 7.27. The topological polar surface area (TPSA) is 67.2 Å². The van der Waals surface area contributed by atoms with Crippen LogP contribution in [-0.2, 0) is 0 Å². The molecular formula is C19H21N3O2. The van der Waals surface area contributed by atoms with E-state index in [0.717, 1.165) is 23.1 Å². The molecule has 2 N–H and O–H groups in total. The molecule has 5 heteroatoms. The minimum absolute atomic E-state index is 0.174. The van der Waals surface area contributed by atoms with Crippen molar-refractivity contribution in [2.24, 2.45) is 0 Å². The fourth-order valence-corrected chi connectivity index (χ4v) is 2.69. The molecule has 1 aromatic heterocycles. The Morgan fingerprint density at radius 3 is 2.71 bits per heavy atom. The molecule has 0 saturated heterocycles. The number of hydrogen-bond acceptors (Lipinski definition) is 3. The van der Waals surface area contributed by atoms with E-state index < -0.39 is 6.10 Å². The number of imidazole rings is 1. The summed E-state index contributed by atoms with van der Waals surface area (Å²) in [5, 5.41) is 12.4. The number of aliphatic hydroxyl groups excluding tert-OH is 1. The molecule has 0 saturated carbocycles. The molecule has 0 bridgehead atoms. The van der Waals surface area contributed by atoms with Crippen LogP contribution in [0.4, 0.5) is 0 Å². The van der Waals surface area contributed by atoms with Crippen LogP contribution in [0.25, 0.3) is 16.7 Å². The molecule has 0 fully saturated rings. The lowest BCUT2D eigenvalue weighted by Crippen LogP contribution is -2.31. The number of carbonyl (C=O) groups excluding carboxylic acids is 1. The second-order valence-electron chi connectivity index (χ2n) is 5.80. The first-order valence-corrected chi connectivity index (χ1v) is 8.18. The second-order valence-corrected chi connectivity index (χ2v) is 5.80. The summed E-state index contributed by atoms with van der Waals surface area (Å²) in [6.07, 6.45) is 2.87. The average Bonchev–Trinajstić information content (AvgIpc) is 3.04. The monoisotopic (exact) mass is 323 g/mol. The predicted molar refractivity (Wildman–Crippen MR) is 94.3 cm³/mol. The third-order valence-electron chi connectivity index (χ3n) is 3.98. The van der Waals surface area contributed by atoms with E-state index in [0.29, 0.717) is 12.0 Å². The maximum Gasteiger partial charge on any atom is 0.251 e. The molecule has 1 atom stereocenters. The van der Waals surface area contributed by atoms with Gasteiger partial charge in [-0.05, 0) is 42.8 Å². The van der Waals surface area contributed by atoms with Crippen LogP contribution < -0.4 is 5.32 Å². The Hall–Kier alpha value is -2.66. The number of amides is 1. The molecule has 3 aromatic rings. The molecule has 5 nitrogen and oxygen atoms in total. The Morgan fingerprint density at radius 2 is 1.96 bits per heavy atom. The van der Waals surface area contributed by atoms with Crippen molar-refractivity contribution in [3.63, 3.8) is 0 Å². The number of benzene rings is 2. The van der Waals surface area contributed by atoms with E-state index in [4.69, 9.17) is 0 Å². The Balaban J connectivity index is 1.72. The number of aromatic nitrogens is 2. The zero-order valence-corrected chi connectivity index (χ0v) is 13.6. The Morgan fingerprint density at radius 1 is 1.21 bits per heavy atom. The summed E-state index contributed by atoms with van der Waals surface area (Å²) in [6, 6.07) is 15.3. The maximum atomic E-state index is 12.1. The Kier molecular flexibility index (Phi) is 4.91. The first-order valence-electron chi connectivity index (χ1n) is 8.18. The molecule has 1 heterocycles. The highest BCUT2D eigenvalue weighted by molar-refractivity contribution is 5.94. The van der Waals surface area contributed by atoms with E-state index in [2.05, 4.69) is 10.3 Å². The van der Waals surface area contributed by atoms with Crippen LogP contribution >= 0.6 is 0 Å². The van der Waals surface area contributed by atoms with Crippen molar-refractivity contribution in [1.82, 2.24) is 14.9 Å². The van der Waals surface area contributed by atoms with E-state index in [9.17, 15) is 9.90 Å². The normalized spacial score (nSPS) is 12.2. The summed E-state index contributed by atoms with van der Waals surface area (Å²) in [5.41, 5.74) is 3.49. The van der Waals surface area contributed by atoms with Crippen LogP contribution in [-0.4, -0.2) is 33.2 Å². The van der Waals surface area contributed by atoms with E-state index in [-0.39, 0.29) is 12.5 Å². The number of rotatable bonds is 6. The highest BCUT2D eigenvalue weighted by Gasteiger charge is 2.09. The van der Waals surface area contributed by atoms with Gasteiger partial charge in [0.2, 0.25) is 0 Å². The lowest BCUT2D eigenvalue weighted by atomic mass is 10.1. The number of para-hydroxylation sites is 2. The van der Waals surface area contributed by atoms with Crippen molar-refractivity contribution in [3.05, 3.63) is 60.4 Å². The quantitative estimate of drug-likeness (QED) is 0.733. The average molecular weight is 323 g/mol. The lowest BCUT2D eigenvalue weighted by Gasteiger charge is -2.11. The fraction of sp³-hybridized carbons (Fsp3) is 0.263. The van der Waals surface area contributed by atoms with Crippen LogP contribution in [0, 0.1) is 0 Å². The summed E-state index contributed by atoms with van der Waals surface area (Å²) in [6.45, 7) is 2.28. The molecule has 124 valence electrons. The van der Waals surface area contributed by atoms with Gasteiger partial charge in [0, 0.05) is 17.8 Å². The lowest BCUT2D eigenvalue weighted by molar-refractivity contribution is 0.0910. The first kappa shape index (κ1) is 16.2. The molecule has 0 spiro atoms. The fourth-order valence-electron chi connectivity index (χ4n) is 2.69. The summed E-state index contributed by atoms with van der Waals surface area (Å²) in [7, 11) is 0. The zero-order valence-electron chi connectivity index (χ0n) is 13.6. The molecule has 2 aromatic carbocycles. The third-order valence-corrected chi connectivity index (χ3v) is 3.98. The predicted octanol–water partition coefficient (Wildman–Crippen LogP) is 2.92. The van der Waals surface area contributed by atoms with Gasteiger partial charge in [0.15, 0.2) is 0 Å². The number of carbonyl (C=O) groups is 1. The first-order chi connectivity index (χ1) is 11.7. The number of nitrogens with one attached hydrogen (secondary N) is 1. The van der Waals surface area contributed by atoms with Crippen LogP contribution in [0.3, 0.4) is 0 Å². The van der Waals surface area contributed by atoms with Crippen LogP contribution in [0.5, 0.6) is 0 Å². The largest absolute Gasteiger partial charge is 0.391 e. The molecule has 0 radical (unpaired) electrons. The Labute approximate surface area is 141 Å². The minimum Gasteiger partial charge on any atom is -0.391 e. The van der Waals surface area contributed by atoms with Crippen molar-refractivity contribution in [2.75, 3.05) is 6.54 Å². The van der Waals surface area contributed by atoms with E-state index in [1.54, 1.807) is 18.5 Å². The van der Waals surface area contributed by atoms with Crippen molar-refractivity contribution in [2.45, 2.75) is 25.9 Å². The zero-order chi connectivity index (χ0) is 16.9. The number of aliphatic hydroxyl groups is 1.